The molecule has 0 aliphatic heterocycles. The van der Waals surface area contributed by atoms with Crippen LogP contribution in [0.25, 0.3) is 0 Å². The number of carbonyl (C=O) groups excluding carboxylic acids is 1. The van der Waals surface area contributed by atoms with Crippen LogP contribution in [0.4, 0.5) is 32.0 Å². The summed E-state index contributed by atoms with van der Waals surface area (Å²) in [5, 5.41) is 2.34. The predicted molar refractivity (Wildman–Crippen MR) is 109 cm³/mol. The van der Waals surface area contributed by atoms with Gasteiger partial charge in [0.15, 0.2) is 9.84 Å². The molecule has 3 rings (SSSR count). The van der Waals surface area contributed by atoms with Crippen LogP contribution >= 0.6 is 0 Å². The zero-order chi connectivity index (χ0) is 25.4. The summed E-state index contributed by atoms with van der Waals surface area (Å²) in [6, 6.07) is 5.61. The van der Waals surface area contributed by atoms with Gasteiger partial charge in [0.05, 0.1) is 17.1 Å². The summed E-state index contributed by atoms with van der Waals surface area (Å²) in [5.41, 5.74) is -5.54. The number of anilines is 1. The van der Waals surface area contributed by atoms with E-state index in [0.717, 1.165) is 31.2 Å². The second-order valence-electron chi connectivity index (χ2n) is 7.89. The number of rotatable bonds is 8. The van der Waals surface area contributed by atoms with Crippen molar-refractivity contribution in [2.24, 2.45) is 5.92 Å². The molecule has 1 amide bonds. The Hall–Kier alpha value is -2.67. The molecule has 0 saturated heterocycles. The molecule has 1 aromatic carbocycles. The van der Waals surface area contributed by atoms with Gasteiger partial charge in [0, 0.05) is 30.3 Å². The standard InChI is InChI=1S/C21H20F6N2O4S/c1-33-19(20(22,23)24,21(25,26)27)14-4-6-15(7-5-14)29-18(30)10-16-8-9-17(11-28-16)34(31,32)12-13-2-3-13/h4-9,11,13H,2-3,10,12H2,1H3,(H,29,30). The second kappa shape index (κ2) is 9.17. The maximum absolute atomic E-state index is 13.3. The summed E-state index contributed by atoms with van der Waals surface area (Å²) >= 11 is 0. The van der Waals surface area contributed by atoms with E-state index < -0.39 is 39.3 Å². The number of aromatic nitrogens is 1. The number of sulfone groups is 1. The van der Waals surface area contributed by atoms with Crippen LogP contribution in [0.3, 0.4) is 0 Å². The number of nitrogens with zero attached hydrogens (tertiary/aromatic N) is 1. The van der Waals surface area contributed by atoms with E-state index in [4.69, 9.17) is 0 Å². The second-order valence-corrected chi connectivity index (χ2v) is 9.93. The van der Waals surface area contributed by atoms with Gasteiger partial charge in [-0.25, -0.2) is 8.42 Å². The topological polar surface area (TPSA) is 85.4 Å². The van der Waals surface area contributed by atoms with Gasteiger partial charge in [-0.1, -0.05) is 12.1 Å². The lowest BCUT2D eigenvalue weighted by molar-refractivity contribution is -0.383. The number of nitrogens with one attached hydrogen (secondary N) is 1. The Bertz CT molecular complexity index is 1110. The third-order valence-corrected chi connectivity index (χ3v) is 7.20. The Labute approximate surface area is 191 Å². The molecule has 0 bridgehead atoms. The van der Waals surface area contributed by atoms with Crippen molar-refractivity contribution in [1.82, 2.24) is 4.98 Å². The molecule has 1 heterocycles. The molecule has 2 aromatic rings. The molecule has 1 N–H and O–H groups in total. The van der Waals surface area contributed by atoms with Crippen LogP contribution in [0.15, 0.2) is 47.5 Å². The SMILES string of the molecule is COC(c1ccc(NC(=O)Cc2ccc(S(=O)(=O)CC3CC3)cn2)cc1)(C(F)(F)F)C(F)(F)F. The Morgan fingerprint density at radius 3 is 2.06 bits per heavy atom. The van der Waals surface area contributed by atoms with Gasteiger partial charge in [-0.05, 0) is 43.0 Å². The fraction of sp³-hybridized carbons (Fsp3) is 0.429. The molecule has 0 unspecified atom stereocenters. The zero-order valence-corrected chi connectivity index (χ0v) is 18.5. The quantitative estimate of drug-likeness (QED) is 0.532. The number of hydrogen-bond acceptors (Lipinski definition) is 5. The number of halogens is 6. The molecule has 1 aliphatic rings. The minimum Gasteiger partial charge on any atom is -0.357 e. The van der Waals surface area contributed by atoms with E-state index in [0.29, 0.717) is 19.2 Å². The zero-order valence-electron chi connectivity index (χ0n) is 17.7. The monoisotopic (exact) mass is 510 g/mol. The van der Waals surface area contributed by atoms with Crippen molar-refractivity contribution < 1.29 is 44.3 Å². The highest BCUT2D eigenvalue weighted by Gasteiger charge is 2.72. The number of methoxy groups -OCH3 is 1. The molecule has 1 aliphatic carbocycles. The summed E-state index contributed by atoms with van der Waals surface area (Å²) < 4.78 is 108. The Morgan fingerprint density at radius 1 is 1.03 bits per heavy atom. The van der Waals surface area contributed by atoms with Gasteiger partial charge in [0.2, 0.25) is 5.91 Å². The first-order chi connectivity index (χ1) is 15.7. The van der Waals surface area contributed by atoms with E-state index in [1.807, 2.05) is 0 Å². The Morgan fingerprint density at radius 2 is 1.62 bits per heavy atom. The van der Waals surface area contributed by atoms with E-state index >= 15 is 0 Å². The van der Waals surface area contributed by atoms with Crippen molar-refractivity contribution in [1.29, 1.82) is 0 Å². The van der Waals surface area contributed by atoms with Crippen molar-refractivity contribution in [2.75, 3.05) is 18.2 Å². The number of ether oxygens (including phenoxy) is 1. The molecule has 1 saturated carbocycles. The summed E-state index contributed by atoms with van der Waals surface area (Å²) in [6.07, 6.45) is -8.98. The Kier molecular flexibility index (Phi) is 7.00. The number of alkyl halides is 6. The van der Waals surface area contributed by atoms with Crippen LogP contribution in [-0.4, -0.2) is 44.5 Å². The normalized spacial score (nSPS) is 15.3. The van der Waals surface area contributed by atoms with Crippen LogP contribution in [-0.2, 0) is 31.4 Å². The molecular formula is C21H20F6N2O4S. The largest absolute Gasteiger partial charge is 0.430 e. The van der Waals surface area contributed by atoms with Gasteiger partial charge in [0.25, 0.3) is 5.60 Å². The van der Waals surface area contributed by atoms with E-state index in [1.54, 1.807) is 0 Å². The summed E-state index contributed by atoms with van der Waals surface area (Å²) in [5.74, 6) is -0.459. The van der Waals surface area contributed by atoms with Crippen LogP contribution in [0.1, 0.15) is 24.1 Å². The van der Waals surface area contributed by atoms with Crippen LogP contribution in [0.2, 0.25) is 0 Å². The molecular weight excluding hydrogens is 490 g/mol. The van der Waals surface area contributed by atoms with Gasteiger partial charge < -0.3 is 10.1 Å². The highest BCUT2D eigenvalue weighted by molar-refractivity contribution is 7.91. The van der Waals surface area contributed by atoms with E-state index in [-0.39, 0.29) is 34.4 Å². The minimum atomic E-state index is -5.78. The van der Waals surface area contributed by atoms with Gasteiger partial charge in [0.1, 0.15) is 0 Å². The van der Waals surface area contributed by atoms with Crippen molar-refractivity contribution in [2.45, 2.75) is 42.1 Å². The molecule has 34 heavy (non-hydrogen) atoms. The van der Waals surface area contributed by atoms with E-state index in [1.165, 1.54) is 12.1 Å². The smallest absolute Gasteiger partial charge is 0.357 e. The third kappa shape index (κ3) is 5.35. The van der Waals surface area contributed by atoms with Gasteiger partial charge in [-0.15, -0.1) is 0 Å². The van der Waals surface area contributed by atoms with Crippen molar-refractivity contribution in [3.8, 4) is 0 Å². The maximum atomic E-state index is 13.3. The highest BCUT2D eigenvalue weighted by Crippen LogP contribution is 2.52. The summed E-state index contributed by atoms with van der Waals surface area (Å²) in [7, 11) is -3.15. The average Bonchev–Trinajstić information content (AvgIpc) is 3.51. The number of pyridine rings is 1. The van der Waals surface area contributed by atoms with E-state index in [2.05, 4.69) is 15.0 Å². The lowest BCUT2D eigenvalue weighted by Crippen LogP contribution is -2.55. The summed E-state index contributed by atoms with van der Waals surface area (Å²) in [6.45, 7) is 0. The van der Waals surface area contributed by atoms with Gasteiger partial charge in [-0.2, -0.15) is 26.3 Å². The number of hydrogen-bond donors (Lipinski definition) is 1. The van der Waals surface area contributed by atoms with Crippen LogP contribution < -0.4 is 5.32 Å². The van der Waals surface area contributed by atoms with Crippen LogP contribution in [0.5, 0.6) is 0 Å². The third-order valence-electron chi connectivity index (χ3n) is 5.33. The molecule has 186 valence electrons. The molecule has 0 radical (unpaired) electrons. The molecule has 1 aromatic heterocycles. The lowest BCUT2D eigenvalue weighted by Gasteiger charge is -2.36. The molecule has 0 atom stereocenters. The number of carbonyl (C=O) groups is 1. The molecule has 0 spiro atoms. The average molecular weight is 510 g/mol. The minimum absolute atomic E-state index is 0.0371. The lowest BCUT2D eigenvalue weighted by atomic mass is 9.91. The fourth-order valence-electron chi connectivity index (χ4n) is 3.39. The van der Waals surface area contributed by atoms with Crippen molar-refractivity contribution >= 4 is 21.4 Å². The fourth-order valence-corrected chi connectivity index (χ4v) is 5.02. The molecule has 1 fully saturated rings. The predicted octanol–water partition coefficient (Wildman–Crippen LogP) is 4.41. The molecule has 13 heteroatoms. The van der Waals surface area contributed by atoms with Gasteiger partial charge >= 0.3 is 12.4 Å². The Balaban J connectivity index is 1.69. The van der Waals surface area contributed by atoms with Gasteiger partial charge in [-0.3, -0.25) is 9.78 Å². The first-order valence-corrected chi connectivity index (χ1v) is 11.6. The maximum Gasteiger partial charge on any atom is 0.430 e. The van der Waals surface area contributed by atoms with Crippen LogP contribution in [0, 0.1) is 5.92 Å². The molecule has 6 nitrogen and oxygen atoms in total. The van der Waals surface area contributed by atoms with E-state index in [9.17, 15) is 39.6 Å². The first kappa shape index (κ1) is 25.9. The summed E-state index contributed by atoms with van der Waals surface area (Å²) in [4.78, 5) is 16.2. The first-order valence-electron chi connectivity index (χ1n) is 9.96. The van der Waals surface area contributed by atoms with Crippen molar-refractivity contribution in [3.63, 3.8) is 0 Å². The number of benzene rings is 1. The number of amides is 1. The van der Waals surface area contributed by atoms with Crippen molar-refractivity contribution in [3.05, 3.63) is 53.9 Å². The highest BCUT2D eigenvalue weighted by atomic mass is 32.2.